The molecule has 1 aliphatic rings. The first kappa shape index (κ1) is 30.2. The van der Waals surface area contributed by atoms with Crippen LogP contribution in [0.1, 0.15) is 59.2 Å². The number of aryl methyl sites for hydroxylation is 1. The molecule has 0 radical (unpaired) electrons. The minimum absolute atomic E-state index is 0.0288. The maximum absolute atomic E-state index is 13.3. The molecule has 1 saturated heterocycles. The van der Waals surface area contributed by atoms with Crippen LogP contribution >= 0.6 is 11.3 Å². The Morgan fingerprint density at radius 3 is 2.23 bits per heavy atom. The quantitative estimate of drug-likeness (QED) is 0.317. The van der Waals surface area contributed by atoms with Gasteiger partial charge in [-0.25, -0.2) is 14.6 Å². The van der Waals surface area contributed by atoms with E-state index in [1.807, 2.05) is 29.6 Å². The number of thiazole rings is 1. The molecule has 0 spiro atoms. The number of rotatable bonds is 8. The van der Waals surface area contributed by atoms with Crippen LogP contribution in [0.4, 0.5) is 9.59 Å². The third kappa shape index (κ3) is 9.42. The van der Waals surface area contributed by atoms with Gasteiger partial charge in [-0.3, -0.25) is 9.69 Å². The van der Waals surface area contributed by atoms with E-state index in [0.717, 1.165) is 11.3 Å². The molecule has 1 unspecified atom stereocenters. The molecule has 11 heteroatoms. The molecule has 0 bridgehead atoms. The smallest absolute Gasteiger partial charge is 0.497 e. The number of hydrogen-bond donors (Lipinski definition) is 0. The second-order valence-corrected chi connectivity index (χ2v) is 12.0. The van der Waals surface area contributed by atoms with Gasteiger partial charge in [-0.2, -0.15) is 0 Å². The van der Waals surface area contributed by atoms with E-state index in [2.05, 4.69) is 4.98 Å². The molecule has 214 valence electrons. The van der Waals surface area contributed by atoms with Crippen molar-refractivity contribution in [1.82, 2.24) is 9.88 Å². The van der Waals surface area contributed by atoms with Crippen molar-refractivity contribution < 1.29 is 38.1 Å². The zero-order valence-electron chi connectivity index (χ0n) is 23.6. The first-order valence-electron chi connectivity index (χ1n) is 12.8. The molecule has 39 heavy (non-hydrogen) atoms. The van der Waals surface area contributed by atoms with Crippen LogP contribution < -0.4 is 4.74 Å². The fourth-order valence-corrected chi connectivity index (χ4v) is 4.67. The Morgan fingerprint density at radius 1 is 1.00 bits per heavy atom. The highest BCUT2D eigenvalue weighted by Gasteiger charge is 2.50. The van der Waals surface area contributed by atoms with Gasteiger partial charge in [0.1, 0.15) is 17.0 Å². The van der Waals surface area contributed by atoms with Gasteiger partial charge in [0.2, 0.25) is 0 Å². The average molecular weight is 563 g/mol. The lowest BCUT2D eigenvalue weighted by molar-refractivity contribution is -0.156. The largest absolute Gasteiger partial charge is 0.509 e. The third-order valence-electron chi connectivity index (χ3n) is 5.73. The topological polar surface area (TPSA) is 113 Å². The molecule has 2 aromatic rings. The molecule has 1 aromatic heterocycles. The molecule has 10 nitrogen and oxygen atoms in total. The number of ether oxygens (including phenoxy) is 5. The molecule has 1 aliphatic heterocycles. The van der Waals surface area contributed by atoms with Crippen molar-refractivity contribution in [3.8, 4) is 5.75 Å². The molecule has 3 atom stereocenters. The normalized spacial score (nSPS) is 19.4. The highest BCUT2D eigenvalue weighted by atomic mass is 32.1. The Kier molecular flexibility index (Phi) is 9.82. The zero-order chi connectivity index (χ0) is 28.8. The Labute approximate surface area is 233 Å². The predicted molar refractivity (Wildman–Crippen MR) is 145 cm³/mol. The lowest BCUT2D eigenvalue weighted by atomic mass is 10.0. The van der Waals surface area contributed by atoms with Gasteiger partial charge in [-0.05, 0) is 65.7 Å². The van der Waals surface area contributed by atoms with Gasteiger partial charge in [-0.15, -0.1) is 11.3 Å². The monoisotopic (exact) mass is 562 g/mol. The molecule has 1 fully saturated rings. The highest BCUT2D eigenvalue weighted by Crippen LogP contribution is 2.30. The molecule has 0 saturated carbocycles. The molecular weight excluding hydrogens is 524 g/mol. The van der Waals surface area contributed by atoms with Crippen LogP contribution in [0.3, 0.4) is 0 Å². The highest BCUT2D eigenvalue weighted by molar-refractivity contribution is 7.07. The number of carbonyl (C=O) groups excluding carboxylic acids is 3. The summed E-state index contributed by atoms with van der Waals surface area (Å²) in [5.41, 5.74) is 1.81. The van der Waals surface area contributed by atoms with E-state index in [9.17, 15) is 14.4 Å². The fraction of sp³-hybridized carbons (Fsp3) is 0.571. The van der Waals surface area contributed by atoms with Crippen LogP contribution in [-0.4, -0.2) is 71.2 Å². The van der Waals surface area contributed by atoms with Crippen molar-refractivity contribution in [2.75, 3.05) is 13.7 Å². The summed E-state index contributed by atoms with van der Waals surface area (Å²) in [6, 6.07) is 6.70. The van der Waals surface area contributed by atoms with Gasteiger partial charge in [0.25, 0.3) is 0 Å². The molecule has 1 aromatic carbocycles. The maximum atomic E-state index is 13.3. The van der Waals surface area contributed by atoms with Crippen LogP contribution in [0, 0.1) is 0 Å². The lowest BCUT2D eigenvalue weighted by Crippen LogP contribution is -2.45. The van der Waals surface area contributed by atoms with Gasteiger partial charge in [0.05, 0.1) is 37.3 Å². The van der Waals surface area contributed by atoms with E-state index in [4.69, 9.17) is 23.7 Å². The Balaban J connectivity index is 1.89. The summed E-state index contributed by atoms with van der Waals surface area (Å²) in [6.45, 7) is 10.4. The van der Waals surface area contributed by atoms with E-state index >= 15 is 0 Å². The summed E-state index contributed by atoms with van der Waals surface area (Å²) >= 11 is 1.45. The Hall–Kier alpha value is -3.34. The summed E-state index contributed by atoms with van der Waals surface area (Å²) in [7, 11) is 1.58. The average Bonchev–Trinajstić information content (AvgIpc) is 3.45. The van der Waals surface area contributed by atoms with Crippen LogP contribution in [-0.2, 0) is 36.6 Å². The summed E-state index contributed by atoms with van der Waals surface area (Å²) in [6.07, 6.45) is -2.60. The zero-order valence-corrected chi connectivity index (χ0v) is 24.4. The van der Waals surface area contributed by atoms with E-state index in [1.165, 1.54) is 16.2 Å². The number of methoxy groups -OCH3 is 1. The minimum atomic E-state index is -0.959. The number of amides is 1. The van der Waals surface area contributed by atoms with Crippen molar-refractivity contribution in [3.63, 3.8) is 0 Å². The minimum Gasteiger partial charge on any atom is -0.497 e. The van der Waals surface area contributed by atoms with Crippen molar-refractivity contribution in [2.24, 2.45) is 0 Å². The number of likely N-dealkylation sites (tertiary alicyclic amines) is 1. The number of nitrogens with zero attached hydrogens (tertiary/aromatic N) is 2. The van der Waals surface area contributed by atoms with E-state index in [-0.39, 0.29) is 13.0 Å². The number of carbonyl (C=O) groups is 3. The fourth-order valence-electron chi connectivity index (χ4n) is 4.08. The Morgan fingerprint density at radius 2 is 1.67 bits per heavy atom. The summed E-state index contributed by atoms with van der Waals surface area (Å²) in [5, 5.41) is 1.87. The predicted octanol–water partition coefficient (Wildman–Crippen LogP) is 5.18. The van der Waals surface area contributed by atoms with Crippen LogP contribution in [0.5, 0.6) is 5.75 Å². The summed E-state index contributed by atoms with van der Waals surface area (Å²) < 4.78 is 27.8. The molecular formula is C28H38N2O8S. The maximum Gasteiger partial charge on any atom is 0.509 e. The first-order chi connectivity index (χ1) is 18.2. The molecule has 1 amide bonds. The molecule has 3 rings (SSSR count). The van der Waals surface area contributed by atoms with Crippen molar-refractivity contribution in [3.05, 3.63) is 46.4 Å². The molecule has 2 heterocycles. The standard InChI is InChI=1S/C28H38N2O8S/c1-27(2,3)37-25(32)30-15-22(35-26(33)38-28(4,5)6)24(36-23(31)13-10-19-16-39-17-29-19)21(30)14-18-8-11-20(34-7)12-9-18/h8-9,11-12,16-17,21-22,24H,10,13-15H2,1-7H3/t21-,22+,24?/m1/s1. The van der Waals surface area contributed by atoms with Crippen molar-refractivity contribution in [2.45, 2.75) is 90.3 Å². The van der Waals surface area contributed by atoms with Gasteiger partial charge in [0.15, 0.2) is 12.2 Å². The number of esters is 1. The van der Waals surface area contributed by atoms with Gasteiger partial charge in [0, 0.05) is 11.8 Å². The first-order valence-corrected chi connectivity index (χ1v) is 13.8. The second kappa shape index (κ2) is 12.7. The summed E-state index contributed by atoms with van der Waals surface area (Å²) in [5.74, 6) is 0.196. The third-order valence-corrected chi connectivity index (χ3v) is 6.36. The number of benzene rings is 1. The molecule has 0 aliphatic carbocycles. The van der Waals surface area contributed by atoms with Gasteiger partial charge in [-0.1, -0.05) is 12.1 Å². The van der Waals surface area contributed by atoms with Crippen molar-refractivity contribution >= 4 is 29.6 Å². The lowest BCUT2D eigenvalue weighted by Gasteiger charge is -2.30. The number of hydrogen-bond acceptors (Lipinski definition) is 10. The Bertz CT molecular complexity index is 1110. The van der Waals surface area contributed by atoms with E-state index in [1.54, 1.807) is 54.2 Å². The summed E-state index contributed by atoms with van der Waals surface area (Å²) in [4.78, 5) is 44.6. The number of aromatic nitrogens is 1. The van der Waals surface area contributed by atoms with Gasteiger partial charge >= 0.3 is 18.2 Å². The van der Waals surface area contributed by atoms with Crippen LogP contribution in [0.15, 0.2) is 35.2 Å². The van der Waals surface area contributed by atoms with Crippen LogP contribution in [0.2, 0.25) is 0 Å². The van der Waals surface area contributed by atoms with Crippen LogP contribution in [0.25, 0.3) is 0 Å². The van der Waals surface area contributed by atoms with Gasteiger partial charge < -0.3 is 23.7 Å². The molecule has 0 N–H and O–H groups in total. The SMILES string of the molecule is COc1ccc(C[C@@H]2C(OC(=O)CCc3cscn3)[C@@H](OC(=O)OC(C)(C)C)CN2C(=O)OC(C)(C)C)cc1. The van der Waals surface area contributed by atoms with Crippen molar-refractivity contribution in [1.29, 1.82) is 0 Å². The second-order valence-electron chi connectivity index (χ2n) is 11.3. The van der Waals surface area contributed by atoms with E-state index < -0.39 is 47.7 Å². The van der Waals surface area contributed by atoms with E-state index in [0.29, 0.717) is 18.6 Å².